The van der Waals surface area contributed by atoms with E-state index < -0.39 is 18.3 Å². The summed E-state index contributed by atoms with van der Waals surface area (Å²) in [6, 6.07) is -1.04. The van der Waals surface area contributed by atoms with Crippen LogP contribution < -0.4 is 0 Å². The first kappa shape index (κ1) is 21.6. The van der Waals surface area contributed by atoms with Gasteiger partial charge in [0.2, 0.25) is 6.29 Å². The average molecular weight is 400 g/mol. The van der Waals surface area contributed by atoms with E-state index in [2.05, 4.69) is 4.98 Å². The summed E-state index contributed by atoms with van der Waals surface area (Å²) in [7, 11) is 0. The van der Waals surface area contributed by atoms with Crippen LogP contribution in [-0.4, -0.2) is 64.2 Å². The normalized spacial score (nSPS) is 17.0. The van der Waals surface area contributed by atoms with Crippen molar-refractivity contribution in [3.8, 4) is 0 Å². The number of thiazole rings is 1. The molecule has 152 valence electrons. The predicted molar refractivity (Wildman–Crippen MR) is 101 cm³/mol. The summed E-state index contributed by atoms with van der Waals surface area (Å²) >= 11 is 1.44. The maximum atomic E-state index is 12.7. The number of aliphatic carboxylic acids is 1. The Morgan fingerprint density at radius 2 is 1.96 bits per heavy atom. The molecule has 0 aliphatic carbocycles. The quantitative estimate of drug-likeness (QED) is 0.575. The maximum Gasteiger partial charge on any atom is 0.326 e. The van der Waals surface area contributed by atoms with Crippen molar-refractivity contribution in [2.45, 2.75) is 53.0 Å². The van der Waals surface area contributed by atoms with E-state index in [1.165, 1.54) is 16.2 Å². The van der Waals surface area contributed by atoms with Gasteiger partial charge >= 0.3 is 12.0 Å². The highest BCUT2D eigenvalue weighted by atomic mass is 32.1. The number of urea groups is 1. The van der Waals surface area contributed by atoms with Crippen LogP contribution in [0, 0.1) is 5.92 Å². The number of aromatic nitrogens is 1. The van der Waals surface area contributed by atoms with E-state index in [1.807, 2.05) is 33.1 Å². The summed E-state index contributed by atoms with van der Waals surface area (Å²) < 4.78 is 11.1. The Labute approximate surface area is 164 Å². The maximum absolute atomic E-state index is 12.7. The number of carboxylic acids is 1. The lowest BCUT2D eigenvalue weighted by atomic mass is 9.98. The van der Waals surface area contributed by atoms with Crippen molar-refractivity contribution < 1.29 is 24.2 Å². The molecule has 1 aromatic rings. The Morgan fingerprint density at radius 3 is 2.52 bits per heavy atom. The van der Waals surface area contributed by atoms with Gasteiger partial charge in [0, 0.05) is 31.7 Å². The van der Waals surface area contributed by atoms with Gasteiger partial charge in [0.1, 0.15) is 11.0 Å². The van der Waals surface area contributed by atoms with Crippen LogP contribution in [0.3, 0.4) is 0 Å². The Kier molecular flexibility index (Phi) is 8.00. The molecule has 8 nitrogen and oxygen atoms in total. The fourth-order valence-electron chi connectivity index (χ4n) is 3.11. The van der Waals surface area contributed by atoms with Gasteiger partial charge in [0.15, 0.2) is 0 Å². The molecule has 2 heterocycles. The molecule has 9 heteroatoms. The van der Waals surface area contributed by atoms with E-state index in [9.17, 15) is 14.7 Å². The molecule has 1 N–H and O–H groups in total. The number of carbonyl (C=O) groups excluding carboxylic acids is 1. The number of hydrogen-bond acceptors (Lipinski definition) is 6. The molecule has 1 aromatic heterocycles. The van der Waals surface area contributed by atoms with Crippen LogP contribution in [0.25, 0.3) is 0 Å². The first-order valence-corrected chi connectivity index (χ1v) is 10.3. The van der Waals surface area contributed by atoms with E-state index in [-0.39, 0.29) is 11.9 Å². The standard InChI is InChI=1S/C18H29N3O5S/c1-5-12(4)14(16(22)23)21-9-8-20(18(21)24)10-13-11-27-15(19-13)17(25-6-2)26-7-3/h11-12,14,17H,5-10H2,1-4H3,(H,22,23)/t12-,14-/m0/s1. The second-order valence-electron chi connectivity index (χ2n) is 6.49. The second-order valence-corrected chi connectivity index (χ2v) is 7.38. The van der Waals surface area contributed by atoms with Gasteiger partial charge in [0.05, 0.1) is 12.2 Å². The number of carboxylic acid groups (broad SMARTS) is 1. The molecular weight excluding hydrogens is 370 g/mol. The predicted octanol–water partition coefficient (Wildman–Crippen LogP) is 2.95. The minimum Gasteiger partial charge on any atom is -0.480 e. The Morgan fingerprint density at radius 1 is 1.30 bits per heavy atom. The Hall–Kier alpha value is -1.71. The van der Waals surface area contributed by atoms with Gasteiger partial charge in [-0.3, -0.25) is 0 Å². The molecule has 1 aliphatic heterocycles. The van der Waals surface area contributed by atoms with Crippen LogP contribution in [0.5, 0.6) is 0 Å². The summed E-state index contributed by atoms with van der Waals surface area (Å²) in [5, 5.41) is 12.2. The van der Waals surface area contributed by atoms with Crippen molar-refractivity contribution >= 4 is 23.3 Å². The zero-order valence-corrected chi connectivity index (χ0v) is 17.2. The van der Waals surface area contributed by atoms with Gasteiger partial charge in [-0.1, -0.05) is 20.3 Å². The molecule has 27 heavy (non-hydrogen) atoms. The number of nitrogens with zero attached hydrogens (tertiary/aromatic N) is 3. The van der Waals surface area contributed by atoms with Crippen LogP contribution in [0.2, 0.25) is 0 Å². The summed E-state index contributed by atoms with van der Waals surface area (Å²) in [5.41, 5.74) is 0.755. The minimum atomic E-state index is -0.952. The Balaban J connectivity index is 2.05. The third-order valence-electron chi connectivity index (χ3n) is 4.66. The number of hydrogen-bond donors (Lipinski definition) is 1. The lowest BCUT2D eigenvalue weighted by molar-refractivity contribution is -0.143. The van der Waals surface area contributed by atoms with Crippen LogP contribution >= 0.6 is 11.3 Å². The zero-order chi connectivity index (χ0) is 20.0. The van der Waals surface area contributed by atoms with Crippen molar-refractivity contribution in [3.05, 3.63) is 16.1 Å². The molecule has 1 fully saturated rings. The SMILES string of the molecule is CCOC(OCC)c1nc(CN2CCN([C@H](C(=O)O)[C@@H](C)CC)C2=O)cs1. The lowest BCUT2D eigenvalue weighted by Crippen LogP contribution is -2.47. The fourth-order valence-corrected chi connectivity index (χ4v) is 3.91. The minimum absolute atomic E-state index is 0.101. The number of amides is 2. The molecule has 0 aromatic carbocycles. The van der Waals surface area contributed by atoms with Crippen molar-refractivity contribution in [2.75, 3.05) is 26.3 Å². The summed E-state index contributed by atoms with van der Waals surface area (Å²) in [4.78, 5) is 32.0. The molecule has 1 saturated heterocycles. The van der Waals surface area contributed by atoms with Gasteiger partial charge < -0.3 is 24.4 Å². The fraction of sp³-hybridized carbons (Fsp3) is 0.722. The van der Waals surface area contributed by atoms with E-state index in [0.29, 0.717) is 39.3 Å². The largest absolute Gasteiger partial charge is 0.480 e. The van der Waals surface area contributed by atoms with Crippen molar-refractivity contribution in [2.24, 2.45) is 5.92 Å². The molecule has 2 atom stereocenters. The first-order chi connectivity index (χ1) is 12.9. The van der Waals surface area contributed by atoms with Crippen molar-refractivity contribution in [1.29, 1.82) is 0 Å². The highest BCUT2D eigenvalue weighted by Gasteiger charge is 2.39. The third kappa shape index (κ3) is 5.18. The van der Waals surface area contributed by atoms with Gasteiger partial charge in [-0.25, -0.2) is 14.6 Å². The van der Waals surface area contributed by atoms with Crippen LogP contribution in [0.4, 0.5) is 4.79 Å². The molecule has 2 rings (SSSR count). The second kappa shape index (κ2) is 10.0. The van der Waals surface area contributed by atoms with Crippen LogP contribution in [-0.2, 0) is 20.8 Å². The third-order valence-corrected chi connectivity index (χ3v) is 5.57. The van der Waals surface area contributed by atoms with Crippen LogP contribution in [0.15, 0.2) is 5.38 Å². The monoisotopic (exact) mass is 399 g/mol. The van der Waals surface area contributed by atoms with Gasteiger partial charge in [-0.2, -0.15) is 0 Å². The van der Waals surface area contributed by atoms with Gasteiger partial charge in [-0.05, 0) is 19.8 Å². The molecule has 0 saturated carbocycles. The summed E-state index contributed by atoms with van der Waals surface area (Å²) in [5.74, 6) is -1.05. The van der Waals surface area contributed by atoms with E-state index >= 15 is 0 Å². The first-order valence-electron chi connectivity index (χ1n) is 9.38. The zero-order valence-electron chi connectivity index (χ0n) is 16.4. The summed E-state index contributed by atoms with van der Waals surface area (Å²) in [6.07, 6.45) is 0.207. The molecule has 0 bridgehead atoms. The Bertz CT molecular complexity index is 632. The van der Waals surface area contributed by atoms with E-state index in [4.69, 9.17) is 9.47 Å². The lowest BCUT2D eigenvalue weighted by Gasteiger charge is -2.28. The smallest absolute Gasteiger partial charge is 0.326 e. The van der Waals surface area contributed by atoms with Gasteiger partial charge in [-0.15, -0.1) is 11.3 Å². The highest BCUT2D eigenvalue weighted by Crippen LogP contribution is 2.26. The summed E-state index contributed by atoms with van der Waals surface area (Å²) in [6.45, 7) is 9.89. The molecule has 1 aliphatic rings. The van der Waals surface area contributed by atoms with E-state index in [1.54, 1.807) is 4.90 Å². The van der Waals surface area contributed by atoms with E-state index in [0.717, 1.165) is 10.7 Å². The van der Waals surface area contributed by atoms with Crippen molar-refractivity contribution in [1.82, 2.24) is 14.8 Å². The number of ether oxygens (including phenoxy) is 2. The topological polar surface area (TPSA) is 92.2 Å². The van der Waals surface area contributed by atoms with Crippen LogP contribution in [0.1, 0.15) is 51.1 Å². The molecule has 0 unspecified atom stereocenters. The molecule has 0 radical (unpaired) electrons. The molecular formula is C18H29N3O5S. The average Bonchev–Trinajstić information content (AvgIpc) is 3.23. The molecule has 2 amide bonds. The van der Waals surface area contributed by atoms with Gasteiger partial charge in [0.25, 0.3) is 0 Å². The van der Waals surface area contributed by atoms with Crippen molar-refractivity contribution in [3.63, 3.8) is 0 Å². The number of carbonyl (C=O) groups is 2. The molecule has 0 spiro atoms. The highest BCUT2D eigenvalue weighted by molar-refractivity contribution is 7.09. The number of rotatable bonds is 11.